The number of carbonyl (C=O) groups is 1. The van der Waals surface area contributed by atoms with E-state index in [1.807, 2.05) is 49.3 Å². The number of benzene rings is 1. The molecule has 1 unspecified atom stereocenters. The molecule has 1 aromatic carbocycles. The number of carboxylic acid groups (broad SMARTS) is 1. The number of nitrogens with zero attached hydrogens (tertiary/aromatic N) is 1. The van der Waals surface area contributed by atoms with E-state index < -0.39 is 11.5 Å². The van der Waals surface area contributed by atoms with Crippen molar-refractivity contribution < 1.29 is 9.90 Å². The molecule has 1 fully saturated rings. The van der Waals surface area contributed by atoms with Crippen LogP contribution in [-0.2, 0) is 10.3 Å². The third-order valence-corrected chi connectivity index (χ3v) is 3.41. The zero-order chi connectivity index (χ0) is 11.8. The first-order chi connectivity index (χ1) is 7.60. The summed E-state index contributed by atoms with van der Waals surface area (Å²) in [6.07, 6.45) is 2.00. The van der Waals surface area contributed by atoms with E-state index in [2.05, 4.69) is 0 Å². The summed E-state index contributed by atoms with van der Waals surface area (Å²) < 4.78 is 0. The molecule has 0 saturated heterocycles. The van der Waals surface area contributed by atoms with E-state index in [1.54, 1.807) is 0 Å². The monoisotopic (exact) mass is 219 g/mol. The average Bonchev–Trinajstić information content (AvgIpc) is 3.04. The molecule has 0 amide bonds. The molecule has 1 saturated carbocycles. The lowest BCUT2D eigenvalue weighted by atomic mass is 9.84. The van der Waals surface area contributed by atoms with Crippen molar-refractivity contribution in [2.75, 3.05) is 14.1 Å². The molecule has 0 spiro atoms. The van der Waals surface area contributed by atoms with Gasteiger partial charge in [0.25, 0.3) is 0 Å². The molecule has 0 heterocycles. The highest BCUT2D eigenvalue weighted by Crippen LogP contribution is 2.48. The normalized spacial score (nSPS) is 19.4. The van der Waals surface area contributed by atoms with E-state index in [0.717, 1.165) is 18.4 Å². The van der Waals surface area contributed by atoms with Gasteiger partial charge in [0, 0.05) is 0 Å². The first kappa shape index (κ1) is 11.1. The second-order valence-electron chi connectivity index (χ2n) is 4.61. The van der Waals surface area contributed by atoms with Crippen molar-refractivity contribution in [2.45, 2.75) is 18.4 Å². The molecule has 0 radical (unpaired) electrons. The van der Waals surface area contributed by atoms with Gasteiger partial charge in [-0.25, -0.2) is 4.79 Å². The Balaban J connectivity index is 2.52. The zero-order valence-corrected chi connectivity index (χ0v) is 9.68. The molecule has 16 heavy (non-hydrogen) atoms. The fourth-order valence-electron chi connectivity index (χ4n) is 2.54. The molecule has 1 aliphatic rings. The molecule has 86 valence electrons. The van der Waals surface area contributed by atoms with Gasteiger partial charge in [0.15, 0.2) is 0 Å². The van der Waals surface area contributed by atoms with Crippen LogP contribution in [0.5, 0.6) is 0 Å². The summed E-state index contributed by atoms with van der Waals surface area (Å²) in [5.74, 6) is -0.506. The fraction of sp³-hybridized carbons (Fsp3) is 0.462. The molecule has 2 rings (SSSR count). The third-order valence-electron chi connectivity index (χ3n) is 3.41. The highest BCUT2D eigenvalue weighted by Gasteiger charge is 2.54. The molecule has 1 aliphatic carbocycles. The smallest absolute Gasteiger partial charge is 0.329 e. The summed E-state index contributed by atoms with van der Waals surface area (Å²) in [5.41, 5.74) is 0.0383. The summed E-state index contributed by atoms with van der Waals surface area (Å²) in [6, 6.07) is 9.54. The largest absolute Gasteiger partial charge is 0.480 e. The Labute approximate surface area is 95.7 Å². The molecule has 3 nitrogen and oxygen atoms in total. The number of hydrogen-bond acceptors (Lipinski definition) is 2. The second-order valence-corrected chi connectivity index (χ2v) is 4.61. The number of likely N-dealkylation sites (N-methyl/N-ethyl adjacent to an activating group) is 1. The number of carboxylic acids is 1. The second kappa shape index (κ2) is 3.91. The van der Waals surface area contributed by atoms with Crippen LogP contribution in [0.3, 0.4) is 0 Å². The first-order valence-electron chi connectivity index (χ1n) is 5.56. The van der Waals surface area contributed by atoms with E-state index in [9.17, 15) is 9.90 Å². The van der Waals surface area contributed by atoms with Crippen molar-refractivity contribution in [3.05, 3.63) is 35.9 Å². The summed E-state index contributed by atoms with van der Waals surface area (Å²) in [5, 5.41) is 9.62. The maximum atomic E-state index is 11.7. The van der Waals surface area contributed by atoms with Gasteiger partial charge in [-0.15, -0.1) is 0 Å². The zero-order valence-electron chi connectivity index (χ0n) is 9.68. The molecule has 1 aromatic rings. The lowest BCUT2D eigenvalue weighted by Crippen LogP contribution is -2.50. The molecule has 0 aliphatic heterocycles. The molecular formula is C13H17NO2. The summed E-state index contributed by atoms with van der Waals surface area (Å²) in [4.78, 5) is 13.5. The van der Waals surface area contributed by atoms with Crippen LogP contribution in [0.1, 0.15) is 18.4 Å². The minimum atomic E-state index is -0.846. The van der Waals surface area contributed by atoms with Crippen LogP contribution in [0.4, 0.5) is 0 Å². The van der Waals surface area contributed by atoms with Gasteiger partial charge in [-0.3, -0.25) is 4.90 Å². The standard InChI is InChI=1S/C13H17NO2/c1-14(2)13(12(15)16,11-8-9-11)10-6-4-3-5-7-10/h3-7,11H,8-9H2,1-2H3,(H,15,16). The van der Waals surface area contributed by atoms with Crippen molar-refractivity contribution >= 4 is 5.97 Å². The van der Waals surface area contributed by atoms with Gasteiger partial charge < -0.3 is 5.11 Å². The van der Waals surface area contributed by atoms with Crippen molar-refractivity contribution in [3.8, 4) is 0 Å². The Kier molecular flexibility index (Phi) is 2.72. The molecule has 0 aromatic heterocycles. The Hall–Kier alpha value is -1.35. The predicted octanol–water partition coefficient (Wildman–Crippen LogP) is 1.94. The van der Waals surface area contributed by atoms with Gasteiger partial charge in [-0.1, -0.05) is 30.3 Å². The van der Waals surface area contributed by atoms with Gasteiger partial charge in [0.2, 0.25) is 0 Å². The quantitative estimate of drug-likeness (QED) is 0.841. The first-order valence-corrected chi connectivity index (χ1v) is 5.56. The summed E-state index contributed by atoms with van der Waals surface area (Å²) in [6.45, 7) is 0. The Bertz CT molecular complexity index is 380. The van der Waals surface area contributed by atoms with E-state index in [0.29, 0.717) is 0 Å². The predicted molar refractivity (Wildman–Crippen MR) is 62.2 cm³/mol. The number of hydrogen-bond donors (Lipinski definition) is 1. The molecule has 1 N–H and O–H groups in total. The Morgan fingerprint density at radius 2 is 1.88 bits per heavy atom. The van der Waals surface area contributed by atoms with Gasteiger partial charge >= 0.3 is 5.97 Å². The number of rotatable bonds is 4. The highest BCUT2D eigenvalue weighted by atomic mass is 16.4. The minimum absolute atomic E-state index is 0.238. The summed E-state index contributed by atoms with van der Waals surface area (Å²) >= 11 is 0. The summed E-state index contributed by atoms with van der Waals surface area (Å²) in [7, 11) is 3.69. The van der Waals surface area contributed by atoms with E-state index in [1.165, 1.54) is 0 Å². The number of aliphatic carboxylic acids is 1. The van der Waals surface area contributed by atoms with Crippen LogP contribution in [0.25, 0.3) is 0 Å². The lowest BCUT2D eigenvalue weighted by molar-refractivity contribution is -0.152. The molecular weight excluding hydrogens is 202 g/mol. The SMILES string of the molecule is CN(C)C(C(=O)O)(c1ccccc1)C1CC1. The fourth-order valence-corrected chi connectivity index (χ4v) is 2.54. The maximum Gasteiger partial charge on any atom is 0.329 e. The maximum absolute atomic E-state index is 11.7. The van der Waals surface area contributed by atoms with E-state index in [-0.39, 0.29) is 5.92 Å². The average molecular weight is 219 g/mol. The molecule has 3 heteroatoms. The van der Waals surface area contributed by atoms with E-state index in [4.69, 9.17) is 0 Å². The van der Waals surface area contributed by atoms with Crippen LogP contribution in [0, 0.1) is 5.92 Å². The van der Waals surface area contributed by atoms with Crippen LogP contribution < -0.4 is 0 Å². The van der Waals surface area contributed by atoms with Crippen molar-refractivity contribution in [2.24, 2.45) is 5.92 Å². The van der Waals surface area contributed by atoms with Crippen LogP contribution in [0.15, 0.2) is 30.3 Å². The molecule has 0 bridgehead atoms. The Morgan fingerprint density at radius 1 is 1.31 bits per heavy atom. The lowest BCUT2D eigenvalue weighted by Gasteiger charge is -2.36. The van der Waals surface area contributed by atoms with Gasteiger partial charge in [0.1, 0.15) is 5.54 Å². The van der Waals surface area contributed by atoms with Crippen LogP contribution in [0.2, 0.25) is 0 Å². The van der Waals surface area contributed by atoms with Gasteiger partial charge in [0.05, 0.1) is 0 Å². The van der Waals surface area contributed by atoms with Gasteiger partial charge in [-0.05, 0) is 38.4 Å². The molecule has 1 atom stereocenters. The topological polar surface area (TPSA) is 40.5 Å². The van der Waals surface area contributed by atoms with Crippen LogP contribution >= 0.6 is 0 Å². The van der Waals surface area contributed by atoms with Crippen molar-refractivity contribution in [1.82, 2.24) is 4.90 Å². The highest BCUT2D eigenvalue weighted by molar-refractivity contribution is 5.81. The third kappa shape index (κ3) is 1.52. The van der Waals surface area contributed by atoms with E-state index >= 15 is 0 Å². The van der Waals surface area contributed by atoms with Crippen molar-refractivity contribution in [3.63, 3.8) is 0 Å². The Morgan fingerprint density at radius 3 is 2.25 bits per heavy atom. The van der Waals surface area contributed by atoms with Gasteiger partial charge in [-0.2, -0.15) is 0 Å². The van der Waals surface area contributed by atoms with Crippen LogP contribution in [-0.4, -0.2) is 30.1 Å². The van der Waals surface area contributed by atoms with Crippen molar-refractivity contribution in [1.29, 1.82) is 0 Å². The minimum Gasteiger partial charge on any atom is -0.480 e.